The summed E-state index contributed by atoms with van der Waals surface area (Å²) in [5.74, 6) is 0.927. The maximum absolute atomic E-state index is 6.02. The van der Waals surface area contributed by atoms with Gasteiger partial charge in [0.1, 0.15) is 5.75 Å². The van der Waals surface area contributed by atoms with E-state index in [4.69, 9.17) is 16.3 Å². The molecule has 2 rings (SSSR count). The zero-order valence-electron chi connectivity index (χ0n) is 12.1. The Balaban J connectivity index is 1.99. The fourth-order valence-corrected chi connectivity index (χ4v) is 2.41. The van der Waals surface area contributed by atoms with Crippen molar-refractivity contribution in [3.05, 3.63) is 64.2 Å². The molecule has 0 saturated heterocycles. The number of halogens is 1. The first kappa shape index (κ1) is 14.9. The third-order valence-electron chi connectivity index (χ3n) is 3.42. The van der Waals surface area contributed by atoms with Crippen molar-refractivity contribution in [1.29, 1.82) is 0 Å². The molecule has 106 valence electrons. The maximum atomic E-state index is 6.02. The summed E-state index contributed by atoms with van der Waals surface area (Å²) in [5, 5.41) is 4.28. The molecular weight excluding hydrogens is 270 g/mol. The highest BCUT2D eigenvalue weighted by molar-refractivity contribution is 6.30. The Kier molecular flexibility index (Phi) is 5.05. The topological polar surface area (TPSA) is 21.3 Å². The molecule has 1 N–H and O–H groups in total. The molecule has 3 heteroatoms. The summed E-state index contributed by atoms with van der Waals surface area (Å²) in [7, 11) is 1.70. The standard InChI is InChI=1S/C17H20ClNO/c1-12-9-14(7-8-17(12)20-3)11-19-13(2)15-5-4-6-16(18)10-15/h4-10,13,19H,11H2,1-3H3. The van der Waals surface area contributed by atoms with Gasteiger partial charge in [-0.25, -0.2) is 0 Å². The molecular formula is C17H20ClNO. The molecule has 0 amide bonds. The van der Waals surface area contributed by atoms with Crippen LogP contribution < -0.4 is 10.1 Å². The summed E-state index contributed by atoms with van der Waals surface area (Å²) in [6, 6.07) is 14.5. The van der Waals surface area contributed by atoms with Crippen molar-refractivity contribution >= 4 is 11.6 Å². The summed E-state index contributed by atoms with van der Waals surface area (Å²) < 4.78 is 5.27. The molecule has 0 fully saturated rings. The van der Waals surface area contributed by atoms with E-state index in [2.05, 4.69) is 37.4 Å². The molecule has 2 aromatic rings. The number of methoxy groups -OCH3 is 1. The summed E-state index contributed by atoms with van der Waals surface area (Å²) in [6.07, 6.45) is 0. The Morgan fingerprint density at radius 3 is 2.65 bits per heavy atom. The molecule has 2 aromatic carbocycles. The quantitative estimate of drug-likeness (QED) is 0.874. The van der Waals surface area contributed by atoms with E-state index < -0.39 is 0 Å². The van der Waals surface area contributed by atoms with Gasteiger partial charge >= 0.3 is 0 Å². The summed E-state index contributed by atoms with van der Waals surface area (Å²) in [6.45, 7) is 5.02. The Morgan fingerprint density at radius 2 is 2.00 bits per heavy atom. The van der Waals surface area contributed by atoms with Crippen molar-refractivity contribution < 1.29 is 4.74 Å². The Morgan fingerprint density at radius 1 is 1.20 bits per heavy atom. The first-order valence-electron chi connectivity index (χ1n) is 6.72. The van der Waals surface area contributed by atoms with E-state index in [-0.39, 0.29) is 6.04 Å². The third kappa shape index (κ3) is 3.75. The highest BCUT2D eigenvalue weighted by atomic mass is 35.5. The van der Waals surface area contributed by atoms with Gasteiger partial charge in [-0.05, 0) is 48.7 Å². The van der Waals surface area contributed by atoms with Crippen molar-refractivity contribution in [2.45, 2.75) is 26.4 Å². The van der Waals surface area contributed by atoms with Crippen LogP contribution in [-0.2, 0) is 6.54 Å². The van der Waals surface area contributed by atoms with Gasteiger partial charge in [0, 0.05) is 17.6 Å². The van der Waals surface area contributed by atoms with E-state index in [1.807, 2.05) is 24.3 Å². The third-order valence-corrected chi connectivity index (χ3v) is 3.66. The second-order valence-electron chi connectivity index (χ2n) is 4.96. The first-order valence-corrected chi connectivity index (χ1v) is 7.10. The van der Waals surface area contributed by atoms with Crippen molar-refractivity contribution in [2.75, 3.05) is 7.11 Å². The minimum atomic E-state index is 0.260. The average Bonchev–Trinajstić information content (AvgIpc) is 2.45. The number of hydrogen-bond donors (Lipinski definition) is 1. The molecule has 0 heterocycles. The van der Waals surface area contributed by atoms with E-state index in [1.54, 1.807) is 7.11 Å². The van der Waals surface area contributed by atoms with Gasteiger partial charge in [0.2, 0.25) is 0 Å². The predicted octanol–water partition coefficient (Wildman–Crippen LogP) is 4.51. The van der Waals surface area contributed by atoms with Crippen molar-refractivity contribution in [3.63, 3.8) is 0 Å². The van der Waals surface area contributed by atoms with Crippen LogP contribution in [0, 0.1) is 6.92 Å². The average molecular weight is 290 g/mol. The van der Waals surface area contributed by atoms with Crippen LogP contribution in [-0.4, -0.2) is 7.11 Å². The van der Waals surface area contributed by atoms with Crippen LogP contribution in [0.25, 0.3) is 0 Å². The second kappa shape index (κ2) is 6.78. The zero-order chi connectivity index (χ0) is 14.5. The number of benzene rings is 2. The lowest BCUT2D eigenvalue weighted by Gasteiger charge is -2.15. The van der Waals surface area contributed by atoms with Crippen molar-refractivity contribution in [2.24, 2.45) is 0 Å². The lowest BCUT2D eigenvalue weighted by molar-refractivity contribution is 0.411. The summed E-state index contributed by atoms with van der Waals surface area (Å²) >= 11 is 6.02. The van der Waals surface area contributed by atoms with Crippen molar-refractivity contribution in [1.82, 2.24) is 5.32 Å². The largest absolute Gasteiger partial charge is 0.496 e. The van der Waals surface area contributed by atoms with E-state index >= 15 is 0 Å². The molecule has 0 spiro atoms. The molecule has 0 saturated carbocycles. The molecule has 0 aliphatic rings. The van der Waals surface area contributed by atoms with Gasteiger partial charge in [-0.1, -0.05) is 35.9 Å². The van der Waals surface area contributed by atoms with Gasteiger partial charge in [-0.15, -0.1) is 0 Å². The predicted molar refractivity (Wildman–Crippen MR) is 84.4 cm³/mol. The fraction of sp³-hybridized carbons (Fsp3) is 0.294. The highest BCUT2D eigenvalue weighted by Crippen LogP contribution is 2.20. The first-order chi connectivity index (χ1) is 9.60. The molecule has 1 unspecified atom stereocenters. The van der Waals surface area contributed by atoms with E-state index in [1.165, 1.54) is 11.1 Å². The van der Waals surface area contributed by atoms with Gasteiger partial charge in [0.05, 0.1) is 7.11 Å². The SMILES string of the molecule is COc1ccc(CNC(C)c2cccc(Cl)c2)cc1C. The van der Waals surface area contributed by atoms with Gasteiger partial charge in [0.15, 0.2) is 0 Å². The van der Waals surface area contributed by atoms with Crippen LogP contribution in [0.2, 0.25) is 5.02 Å². The van der Waals surface area contributed by atoms with Crippen LogP contribution >= 0.6 is 11.6 Å². The van der Waals surface area contributed by atoms with Crippen molar-refractivity contribution in [3.8, 4) is 5.75 Å². The highest BCUT2D eigenvalue weighted by Gasteiger charge is 2.06. The van der Waals surface area contributed by atoms with E-state index in [0.29, 0.717) is 0 Å². The number of nitrogens with one attached hydrogen (secondary N) is 1. The molecule has 2 nitrogen and oxygen atoms in total. The number of aryl methyl sites for hydroxylation is 1. The van der Waals surface area contributed by atoms with Gasteiger partial charge < -0.3 is 10.1 Å². The monoisotopic (exact) mass is 289 g/mol. The summed E-state index contributed by atoms with van der Waals surface area (Å²) in [4.78, 5) is 0. The lowest BCUT2D eigenvalue weighted by atomic mass is 10.1. The molecule has 0 aliphatic carbocycles. The van der Waals surface area contributed by atoms with Crippen LogP contribution in [0.15, 0.2) is 42.5 Å². The lowest BCUT2D eigenvalue weighted by Crippen LogP contribution is -2.18. The summed E-state index contributed by atoms with van der Waals surface area (Å²) in [5.41, 5.74) is 3.60. The van der Waals surface area contributed by atoms with E-state index in [0.717, 1.165) is 22.9 Å². The van der Waals surface area contributed by atoms with Crippen LogP contribution in [0.1, 0.15) is 29.7 Å². The van der Waals surface area contributed by atoms with Crippen LogP contribution in [0.4, 0.5) is 0 Å². The molecule has 1 atom stereocenters. The van der Waals surface area contributed by atoms with E-state index in [9.17, 15) is 0 Å². The molecule has 0 aliphatic heterocycles. The maximum Gasteiger partial charge on any atom is 0.121 e. The normalized spacial score (nSPS) is 12.2. The molecule has 0 radical (unpaired) electrons. The van der Waals surface area contributed by atoms with Gasteiger partial charge in [0.25, 0.3) is 0 Å². The van der Waals surface area contributed by atoms with Gasteiger partial charge in [-0.2, -0.15) is 0 Å². The molecule has 0 bridgehead atoms. The van der Waals surface area contributed by atoms with Gasteiger partial charge in [-0.3, -0.25) is 0 Å². The number of rotatable bonds is 5. The molecule has 0 aromatic heterocycles. The minimum Gasteiger partial charge on any atom is -0.496 e. The van der Waals surface area contributed by atoms with Crippen LogP contribution in [0.5, 0.6) is 5.75 Å². The molecule has 20 heavy (non-hydrogen) atoms. The smallest absolute Gasteiger partial charge is 0.121 e. The minimum absolute atomic E-state index is 0.260. The number of hydrogen-bond acceptors (Lipinski definition) is 2. The second-order valence-corrected chi connectivity index (χ2v) is 5.40. The zero-order valence-corrected chi connectivity index (χ0v) is 12.9. The fourth-order valence-electron chi connectivity index (χ4n) is 2.22. The van der Waals surface area contributed by atoms with Crippen LogP contribution in [0.3, 0.4) is 0 Å². The Labute approximate surface area is 125 Å². The Hall–Kier alpha value is -1.51. The number of ether oxygens (including phenoxy) is 1. The Bertz CT molecular complexity index is 583.